The number of hydrazone groups is 1. The fraction of sp³-hybridized carbons (Fsp3) is 0.0556. The molecule has 0 saturated carbocycles. The molecule has 1 aromatic heterocycles. The van der Waals surface area contributed by atoms with Crippen molar-refractivity contribution in [2.45, 2.75) is 6.61 Å². The van der Waals surface area contributed by atoms with Gasteiger partial charge in [-0.1, -0.05) is 51.8 Å². The van der Waals surface area contributed by atoms with E-state index in [2.05, 4.69) is 36.7 Å². The van der Waals surface area contributed by atoms with Crippen molar-refractivity contribution in [1.29, 1.82) is 0 Å². The quantitative estimate of drug-likeness (QED) is 0.451. The van der Waals surface area contributed by atoms with Gasteiger partial charge in [-0.15, -0.1) is 0 Å². The molecule has 3 rings (SSSR count). The van der Waals surface area contributed by atoms with Crippen LogP contribution in [0.2, 0.25) is 5.02 Å². The number of aromatic amines is 1. The van der Waals surface area contributed by atoms with Crippen LogP contribution in [0.25, 0.3) is 0 Å². The molecule has 0 amide bonds. The van der Waals surface area contributed by atoms with Crippen molar-refractivity contribution >= 4 is 39.4 Å². The van der Waals surface area contributed by atoms with Gasteiger partial charge in [0.2, 0.25) is 0 Å². The van der Waals surface area contributed by atoms with E-state index >= 15 is 0 Å². The molecule has 0 fully saturated rings. The minimum absolute atomic E-state index is 0.00285. The first-order valence-electron chi connectivity index (χ1n) is 7.62. The summed E-state index contributed by atoms with van der Waals surface area (Å²) in [6.45, 7) is 0.440. The van der Waals surface area contributed by atoms with Crippen LogP contribution in [0.3, 0.4) is 0 Å². The number of halogens is 2. The van der Waals surface area contributed by atoms with Gasteiger partial charge in [-0.05, 0) is 29.8 Å². The molecule has 0 radical (unpaired) electrons. The number of H-pyrrole nitrogens is 1. The fourth-order valence-corrected chi connectivity index (χ4v) is 2.49. The maximum absolute atomic E-state index is 11.4. The molecule has 0 bridgehead atoms. The highest BCUT2D eigenvalue weighted by Gasteiger charge is 2.04. The molecule has 0 saturated heterocycles. The Kier molecular flexibility index (Phi) is 6.04. The summed E-state index contributed by atoms with van der Waals surface area (Å²) in [7, 11) is 0. The third kappa shape index (κ3) is 4.71. The molecule has 26 heavy (non-hydrogen) atoms. The zero-order chi connectivity index (χ0) is 18.4. The molecule has 2 aromatic carbocycles. The van der Waals surface area contributed by atoms with Gasteiger partial charge >= 0.3 is 0 Å². The molecule has 0 atom stereocenters. The topological polar surface area (TPSA) is 79.4 Å². The molecule has 6 nitrogen and oxygen atoms in total. The van der Waals surface area contributed by atoms with Crippen LogP contribution in [0, 0.1) is 0 Å². The Balaban J connectivity index is 1.69. The van der Waals surface area contributed by atoms with Crippen molar-refractivity contribution < 1.29 is 4.74 Å². The van der Waals surface area contributed by atoms with Gasteiger partial charge in [0, 0.05) is 10.0 Å². The van der Waals surface area contributed by atoms with E-state index in [4.69, 9.17) is 16.3 Å². The van der Waals surface area contributed by atoms with Gasteiger partial charge in [-0.2, -0.15) is 10.2 Å². The van der Waals surface area contributed by atoms with E-state index in [-0.39, 0.29) is 5.02 Å². The first-order valence-corrected chi connectivity index (χ1v) is 8.79. The predicted octanol–water partition coefficient (Wildman–Crippen LogP) is 4.21. The van der Waals surface area contributed by atoms with Crippen LogP contribution >= 0.6 is 27.5 Å². The number of para-hydroxylation sites is 1. The Morgan fingerprint density at radius 1 is 1.23 bits per heavy atom. The van der Waals surface area contributed by atoms with E-state index in [1.165, 1.54) is 6.20 Å². The molecule has 0 unspecified atom stereocenters. The lowest BCUT2D eigenvalue weighted by Crippen LogP contribution is -2.10. The van der Waals surface area contributed by atoms with Crippen LogP contribution in [-0.2, 0) is 6.61 Å². The second-order valence-electron chi connectivity index (χ2n) is 5.25. The van der Waals surface area contributed by atoms with Crippen LogP contribution < -0.4 is 15.7 Å². The molecule has 132 valence electrons. The molecule has 2 N–H and O–H groups in total. The van der Waals surface area contributed by atoms with Crippen LogP contribution in [-0.4, -0.2) is 16.4 Å². The van der Waals surface area contributed by atoms with E-state index < -0.39 is 5.56 Å². The summed E-state index contributed by atoms with van der Waals surface area (Å²) in [4.78, 5) is 11.4. The highest BCUT2D eigenvalue weighted by molar-refractivity contribution is 9.10. The highest BCUT2D eigenvalue weighted by Crippen LogP contribution is 2.19. The number of rotatable bonds is 6. The molecular weight excluding hydrogens is 420 g/mol. The number of ether oxygens (including phenoxy) is 1. The smallest absolute Gasteiger partial charge is 0.285 e. The molecule has 3 aromatic rings. The van der Waals surface area contributed by atoms with Crippen LogP contribution in [0.15, 0.2) is 69.1 Å². The Bertz CT molecular complexity index is 973. The summed E-state index contributed by atoms with van der Waals surface area (Å²) in [5.74, 6) is 0.691. The van der Waals surface area contributed by atoms with E-state index in [0.717, 1.165) is 15.6 Å². The van der Waals surface area contributed by atoms with Gasteiger partial charge in [0.05, 0.1) is 12.4 Å². The number of nitrogens with zero attached hydrogens (tertiary/aromatic N) is 2. The van der Waals surface area contributed by atoms with Crippen LogP contribution in [0.1, 0.15) is 11.1 Å². The number of anilines is 1. The molecule has 8 heteroatoms. The number of aromatic nitrogens is 2. The van der Waals surface area contributed by atoms with Crippen molar-refractivity contribution in [2.75, 3.05) is 5.43 Å². The molecule has 0 aliphatic rings. The van der Waals surface area contributed by atoms with E-state index in [9.17, 15) is 4.79 Å². The minimum Gasteiger partial charge on any atom is -0.488 e. The van der Waals surface area contributed by atoms with Crippen molar-refractivity contribution in [3.05, 3.63) is 85.7 Å². The van der Waals surface area contributed by atoms with Crippen molar-refractivity contribution in [1.82, 2.24) is 10.2 Å². The Hall–Kier alpha value is -2.64. The lowest BCUT2D eigenvalue weighted by Gasteiger charge is -2.09. The number of hydrogen-bond donors (Lipinski definition) is 2. The number of nitrogens with one attached hydrogen (secondary N) is 2. The van der Waals surface area contributed by atoms with Gasteiger partial charge in [-0.25, -0.2) is 5.10 Å². The lowest BCUT2D eigenvalue weighted by molar-refractivity contribution is 0.306. The second kappa shape index (κ2) is 8.64. The van der Waals surface area contributed by atoms with Gasteiger partial charge in [-0.3, -0.25) is 10.2 Å². The summed E-state index contributed by atoms with van der Waals surface area (Å²) >= 11 is 9.30. The van der Waals surface area contributed by atoms with E-state index in [0.29, 0.717) is 18.0 Å². The molecule has 1 heterocycles. The zero-order valence-electron chi connectivity index (χ0n) is 13.4. The summed E-state index contributed by atoms with van der Waals surface area (Å²) in [5.41, 5.74) is 4.38. The third-order valence-corrected chi connectivity index (χ3v) is 4.31. The maximum Gasteiger partial charge on any atom is 0.285 e. The maximum atomic E-state index is 11.4. The Morgan fingerprint density at radius 2 is 2.00 bits per heavy atom. The fourth-order valence-electron chi connectivity index (χ4n) is 2.09. The number of benzene rings is 2. The van der Waals surface area contributed by atoms with Crippen molar-refractivity contribution in [3.8, 4) is 5.75 Å². The highest BCUT2D eigenvalue weighted by atomic mass is 79.9. The molecule has 0 aliphatic heterocycles. The number of hydrogen-bond acceptors (Lipinski definition) is 5. The molecule has 0 aliphatic carbocycles. The largest absolute Gasteiger partial charge is 0.488 e. The summed E-state index contributed by atoms with van der Waals surface area (Å²) in [6.07, 6.45) is 2.98. The standard InChI is InChI=1S/C18H14BrClN4O2/c19-14-7-5-12(6-8-14)11-26-16-4-2-1-3-13(16)9-21-23-15-10-22-24-18(25)17(15)20/h1-10H,11H2,(H2,23,24,25)/b21-9+. The average Bonchev–Trinajstić information content (AvgIpc) is 2.65. The second-order valence-corrected chi connectivity index (χ2v) is 6.54. The zero-order valence-corrected chi connectivity index (χ0v) is 15.8. The predicted molar refractivity (Wildman–Crippen MR) is 106 cm³/mol. The van der Waals surface area contributed by atoms with Gasteiger partial charge in [0.1, 0.15) is 23.1 Å². The van der Waals surface area contributed by atoms with Crippen molar-refractivity contribution in [2.24, 2.45) is 5.10 Å². The van der Waals surface area contributed by atoms with E-state index in [1.54, 1.807) is 6.21 Å². The average molecular weight is 434 g/mol. The first-order chi connectivity index (χ1) is 12.6. The van der Waals surface area contributed by atoms with Gasteiger partial charge < -0.3 is 4.74 Å². The summed E-state index contributed by atoms with van der Waals surface area (Å²) < 4.78 is 6.90. The minimum atomic E-state index is -0.481. The van der Waals surface area contributed by atoms with Gasteiger partial charge in [0.25, 0.3) is 5.56 Å². The Labute approximate surface area is 163 Å². The Morgan fingerprint density at radius 3 is 2.81 bits per heavy atom. The third-order valence-electron chi connectivity index (χ3n) is 3.41. The lowest BCUT2D eigenvalue weighted by atomic mass is 10.2. The van der Waals surface area contributed by atoms with Crippen LogP contribution in [0.5, 0.6) is 5.75 Å². The van der Waals surface area contributed by atoms with Crippen molar-refractivity contribution in [3.63, 3.8) is 0 Å². The van der Waals surface area contributed by atoms with E-state index in [1.807, 2.05) is 48.5 Å². The first kappa shape index (κ1) is 18.2. The molecular formula is C18H14BrClN4O2. The summed E-state index contributed by atoms with van der Waals surface area (Å²) in [6, 6.07) is 15.4. The summed E-state index contributed by atoms with van der Waals surface area (Å²) in [5, 5.41) is 10.0. The SMILES string of the molecule is O=c1[nH]ncc(N/N=C/c2ccccc2OCc2ccc(Br)cc2)c1Cl. The normalized spacial score (nSPS) is 10.8. The monoisotopic (exact) mass is 432 g/mol. The van der Waals surface area contributed by atoms with Gasteiger partial charge in [0.15, 0.2) is 0 Å². The van der Waals surface area contributed by atoms with Crippen LogP contribution in [0.4, 0.5) is 5.69 Å². The molecule has 0 spiro atoms.